The van der Waals surface area contributed by atoms with E-state index in [-0.39, 0.29) is 35.2 Å². The summed E-state index contributed by atoms with van der Waals surface area (Å²) in [5.74, 6) is -1.03. The molecule has 0 bridgehead atoms. The Hall–Kier alpha value is -3.23. The molecule has 0 saturated heterocycles. The van der Waals surface area contributed by atoms with Crippen LogP contribution in [0.4, 0.5) is 27.5 Å². The number of benzene rings is 1. The van der Waals surface area contributed by atoms with Crippen molar-refractivity contribution >= 4 is 35.0 Å². The Morgan fingerprint density at radius 2 is 2.07 bits per heavy atom. The van der Waals surface area contributed by atoms with Crippen LogP contribution < -0.4 is 15.1 Å². The third-order valence-electron chi connectivity index (χ3n) is 5.87. The molecule has 2 heterocycles. The maximum absolute atomic E-state index is 14.3. The number of carbonyl (C=O) groups excluding carboxylic acids is 1. The predicted octanol–water partition coefficient (Wildman–Crippen LogP) is 3.56. The molecule has 1 fully saturated rings. The number of carboxylic acid groups (broad SMARTS) is 1. The lowest BCUT2D eigenvalue weighted by Gasteiger charge is -2.43. The standard InChI is InChI=1S/C21H24FN5O3/c1-3-16-19(28)26(2)17-11-23-21(25-18(17)27(16)13-6-4-5-7-13)24-15-9-8-12(20(29)30)10-14(15)22/h8-11,13,16H,3-7H2,1-2H3,(H,29,30)(H,23,24,25)/t16-/m1/s1. The summed E-state index contributed by atoms with van der Waals surface area (Å²) >= 11 is 0. The number of carboxylic acids is 1. The molecule has 2 aliphatic rings. The molecule has 8 nitrogen and oxygen atoms in total. The number of rotatable bonds is 5. The number of hydrogen-bond donors (Lipinski definition) is 2. The molecular weight excluding hydrogens is 389 g/mol. The van der Waals surface area contributed by atoms with Gasteiger partial charge in [0.2, 0.25) is 11.9 Å². The molecule has 30 heavy (non-hydrogen) atoms. The number of fused-ring (bicyclic) bond motifs is 1. The third-order valence-corrected chi connectivity index (χ3v) is 5.87. The molecule has 1 atom stereocenters. The summed E-state index contributed by atoms with van der Waals surface area (Å²) in [6.45, 7) is 1.99. The van der Waals surface area contributed by atoms with E-state index in [0.29, 0.717) is 17.9 Å². The Labute approximate surface area is 173 Å². The van der Waals surface area contributed by atoms with Crippen LogP contribution in [0.3, 0.4) is 0 Å². The van der Waals surface area contributed by atoms with Gasteiger partial charge in [0.25, 0.3) is 0 Å². The van der Waals surface area contributed by atoms with E-state index in [1.54, 1.807) is 18.1 Å². The first-order valence-corrected chi connectivity index (χ1v) is 10.1. The number of likely N-dealkylation sites (N-methyl/N-ethyl adjacent to an activating group) is 1. The zero-order valence-electron chi connectivity index (χ0n) is 16.9. The maximum Gasteiger partial charge on any atom is 0.335 e. The normalized spacial score (nSPS) is 19.2. The largest absolute Gasteiger partial charge is 0.478 e. The van der Waals surface area contributed by atoms with E-state index in [9.17, 15) is 14.0 Å². The molecule has 1 aromatic carbocycles. The molecule has 1 aliphatic heterocycles. The van der Waals surface area contributed by atoms with Gasteiger partial charge in [0.15, 0.2) is 5.82 Å². The van der Waals surface area contributed by atoms with Crippen LogP contribution in [0.1, 0.15) is 49.4 Å². The summed E-state index contributed by atoms with van der Waals surface area (Å²) in [7, 11) is 1.72. The zero-order valence-corrected chi connectivity index (χ0v) is 16.9. The van der Waals surface area contributed by atoms with Crippen molar-refractivity contribution in [3.63, 3.8) is 0 Å². The van der Waals surface area contributed by atoms with Crippen molar-refractivity contribution in [1.29, 1.82) is 0 Å². The lowest BCUT2D eigenvalue weighted by Crippen LogP contribution is -2.55. The molecule has 4 rings (SSSR count). The summed E-state index contributed by atoms with van der Waals surface area (Å²) in [5.41, 5.74) is 0.575. The van der Waals surface area contributed by atoms with Crippen LogP contribution in [0.15, 0.2) is 24.4 Å². The smallest absolute Gasteiger partial charge is 0.335 e. The van der Waals surface area contributed by atoms with E-state index < -0.39 is 11.8 Å². The van der Waals surface area contributed by atoms with Gasteiger partial charge in [0, 0.05) is 13.1 Å². The molecule has 0 spiro atoms. The summed E-state index contributed by atoms with van der Waals surface area (Å²) in [5, 5.41) is 11.8. The Balaban J connectivity index is 1.71. The molecule has 1 saturated carbocycles. The van der Waals surface area contributed by atoms with Crippen molar-refractivity contribution in [3.8, 4) is 0 Å². The summed E-state index contributed by atoms with van der Waals surface area (Å²) in [4.78, 5) is 36.5. The van der Waals surface area contributed by atoms with Crippen molar-refractivity contribution in [2.24, 2.45) is 0 Å². The van der Waals surface area contributed by atoms with Crippen LogP contribution >= 0.6 is 0 Å². The number of carbonyl (C=O) groups is 2. The van der Waals surface area contributed by atoms with Gasteiger partial charge in [0.1, 0.15) is 17.5 Å². The highest BCUT2D eigenvalue weighted by Crippen LogP contribution is 2.40. The summed E-state index contributed by atoms with van der Waals surface area (Å²) < 4.78 is 14.3. The fourth-order valence-electron chi connectivity index (χ4n) is 4.31. The van der Waals surface area contributed by atoms with Crippen molar-refractivity contribution in [2.45, 2.75) is 51.1 Å². The molecule has 1 aromatic heterocycles. The van der Waals surface area contributed by atoms with E-state index in [0.717, 1.165) is 31.7 Å². The molecule has 158 valence electrons. The third kappa shape index (κ3) is 3.44. The highest BCUT2D eigenvalue weighted by atomic mass is 19.1. The van der Waals surface area contributed by atoms with Crippen LogP contribution in [0.25, 0.3) is 0 Å². The summed E-state index contributed by atoms with van der Waals surface area (Å²) in [6, 6.07) is 3.56. The monoisotopic (exact) mass is 413 g/mol. The Morgan fingerprint density at radius 1 is 1.33 bits per heavy atom. The first kappa shape index (κ1) is 20.1. The van der Waals surface area contributed by atoms with Crippen LogP contribution in [0.2, 0.25) is 0 Å². The second-order valence-corrected chi connectivity index (χ2v) is 7.69. The number of aromatic carboxylic acids is 1. The zero-order chi connectivity index (χ0) is 21.4. The lowest BCUT2D eigenvalue weighted by atomic mass is 10.0. The lowest BCUT2D eigenvalue weighted by molar-refractivity contribution is -0.120. The molecule has 0 radical (unpaired) electrons. The average Bonchev–Trinajstić information content (AvgIpc) is 3.26. The fraction of sp³-hybridized carbons (Fsp3) is 0.429. The SMILES string of the molecule is CC[C@@H]1C(=O)N(C)c2cnc(Nc3ccc(C(=O)O)cc3F)nc2N1C1CCCC1. The minimum atomic E-state index is -1.20. The second kappa shape index (κ2) is 7.89. The minimum absolute atomic E-state index is 0.0245. The number of nitrogens with zero attached hydrogens (tertiary/aromatic N) is 4. The summed E-state index contributed by atoms with van der Waals surface area (Å²) in [6.07, 6.45) is 6.48. The van der Waals surface area contributed by atoms with Gasteiger partial charge < -0.3 is 20.2 Å². The van der Waals surface area contributed by atoms with Crippen LogP contribution in [0.5, 0.6) is 0 Å². The molecule has 0 unspecified atom stereocenters. The van der Waals surface area contributed by atoms with E-state index >= 15 is 0 Å². The van der Waals surface area contributed by atoms with E-state index in [1.165, 1.54) is 12.1 Å². The van der Waals surface area contributed by atoms with Crippen molar-refractivity contribution < 1.29 is 19.1 Å². The van der Waals surface area contributed by atoms with Crippen LogP contribution in [0, 0.1) is 5.82 Å². The van der Waals surface area contributed by atoms with Gasteiger partial charge in [-0.3, -0.25) is 4.79 Å². The first-order chi connectivity index (χ1) is 14.4. The van der Waals surface area contributed by atoms with E-state index in [2.05, 4.69) is 20.2 Å². The number of halogens is 1. The maximum atomic E-state index is 14.3. The Morgan fingerprint density at radius 3 is 2.70 bits per heavy atom. The van der Waals surface area contributed by atoms with Gasteiger partial charge in [-0.25, -0.2) is 14.2 Å². The molecule has 1 amide bonds. The number of nitrogens with one attached hydrogen (secondary N) is 1. The van der Waals surface area contributed by atoms with Gasteiger partial charge >= 0.3 is 5.97 Å². The number of anilines is 4. The van der Waals surface area contributed by atoms with Crippen molar-refractivity contribution in [2.75, 3.05) is 22.2 Å². The van der Waals surface area contributed by atoms with Crippen LogP contribution in [-0.4, -0.2) is 46.1 Å². The molecular formula is C21H24FN5O3. The Kier molecular flexibility index (Phi) is 5.27. The predicted molar refractivity (Wildman–Crippen MR) is 111 cm³/mol. The first-order valence-electron chi connectivity index (χ1n) is 10.1. The molecule has 2 N–H and O–H groups in total. The molecule has 9 heteroatoms. The van der Waals surface area contributed by atoms with Gasteiger partial charge in [0.05, 0.1) is 17.4 Å². The molecule has 1 aliphatic carbocycles. The van der Waals surface area contributed by atoms with Gasteiger partial charge in [-0.15, -0.1) is 0 Å². The topological polar surface area (TPSA) is 98.7 Å². The minimum Gasteiger partial charge on any atom is -0.478 e. The average molecular weight is 413 g/mol. The number of aromatic nitrogens is 2. The number of hydrogen-bond acceptors (Lipinski definition) is 6. The quantitative estimate of drug-likeness (QED) is 0.773. The Bertz CT molecular complexity index is 993. The van der Waals surface area contributed by atoms with Gasteiger partial charge in [-0.2, -0.15) is 4.98 Å². The van der Waals surface area contributed by atoms with E-state index in [1.807, 2.05) is 6.92 Å². The molecule has 2 aromatic rings. The fourth-order valence-corrected chi connectivity index (χ4v) is 4.31. The highest BCUT2D eigenvalue weighted by molar-refractivity contribution is 6.04. The highest BCUT2D eigenvalue weighted by Gasteiger charge is 2.41. The van der Waals surface area contributed by atoms with Crippen molar-refractivity contribution in [1.82, 2.24) is 9.97 Å². The van der Waals surface area contributed by atoms with Crippen molar-refractivity contribution in [3.05, 3.63) is 35.8 Å². The second-order valence-electron chi connectivity index (χ2n) is 7.69. The van der Waals surface area contributed by atoms with Gasteiger partial charge in [-0.05, 0) is 37.5 Å². The number of amides is 1. The van der Waals surface area contributed by atoms with E-state index in [4.69, 9.17) is 5.11 Å². The van der Waals surface area contributed by atoms with Crippen LogP contribution in [-0.2, 0) is 4.79 Å². The van der Waals surface area contributed by atoms with Gasteiger partial charge in [-0.1, -0.05) is 19.8 Å².